The summed E-state index contributed by atoms with van der Waals surface area (Å²) < 4.78 is 2.20. The Bertz CT molecular complexity index is 1750. The highest BCUT2D eigenvalue weighted by molar-refractivity contribution is 9.10. The second-order valence-electron chi connectivity index (χ2n) is 10.1. The van der Waals surface area contributed by atoms with E-state index >= 15 is 0 Å². The summed E-state index contributed by atoms with van der Waals surface area (Å²) in [5, 5.41) is 7.85. The molecule has 0 aromatic heterocycles. The largest absolute Gasteiger partial charge is 0.0654 e. The molecule has 6 rings (SSSR count). The molecule has 2 heteroatoms. The van der Waals surface area contributed by atoms with Crippen molar-refractivity contribution in [1.29, 1.82) is 0 Å². The first kappa shape index (κ1) is 25.3. The van der Waals surface area contributed by atoms with Crippen LogP contribution in [0.5, 0.6) is 0 Å². The molecule has 0 fully saturated rings. The number of halogens is 2. The van der Waals surface area contributed by atoms with Gasteiger partial charge in [-0.15, -0.1) is 0 Å². The van der Waals surface area contributed by atoms with Crippen LogP contribution in [0, 0.1) is 0 Å². The smallest absolute Gasteiger partial charge is 0.0181 e. The first-order valence-corrected chi connectivity index (χ1v) is 15.1. The van der Waals surface area contributed by atoms with Gasteiger partial charge < -0.3 is 0 Å². The summed E-state index contributed by atoms with van der Waals surface area (Å²) in [7, 11) is 0. The Labute approximate surface area is 242 Å². The van der Waals surface area contributed by atoms with Crippen molar-refractivity contribution in [3.63, 3.8) is 0 Å². The fourth-order valence-electron chi connectivity index (χ4n) is 5.92. The van der Waals surface area contributed by atoms with Crippen LogP contribution in [0.2, 0.25) is 0 Å². The van der Waals surface area contributed by atoms with Gasteiger partial charge in [-0.2, -0.15) is 0 Å². The quantitative estimate of drug-likeness (QED) is 0.123. The molecule has 0 nitrogen and oxygen atoms in total. The summed E-state index contributed by atoms with van der Waals surface area (Å²) in [4.78, 5) is 0. The van der Waals surface area contributed by atoms with Crippen LogP contribution in [-0.2, 0) is 6.42 Å². The van der Waals surface area contributed by atoms with E-state index in [1.165, 1.54) is 85.8 Å². The molecule has 0 saturated carbocycles. The van der Waals surface area contributed by atoms with Gasteiger partial charge in [0, 0.05) is 8.95 Å². The number of rotatable bonds is 7. The molecule has 0 amide bonds. The monoisotopic (exact) mass is 620 g/mol. The second-order valence-corrected chi connectivity index (χ2v) is 12.0. The maximum Gasteiger partial charge on any atom is 0.0181 e. The van der Waals surface area contributed by atoms with E-state index in [0.717, 1.165) is 15.4 Å². The molecule has 0 heterocycles. The zero-order chi connectivity index (χ0) is 26.1. The highest BCUT2D eigenvalue weighted by atomic mass is 79.9. The Morgan fingerprint density at radius 3 is 1.71 bits per heavy atom. The molecule has 0 aliphatic rings. The van der Waals surface area contributed by atoms with E-state index in [1.807, 2.05) is 0 Å². The van der Waals surface area contributed by atoms with E-state index in [0.29, 0.717) is 0 Å². The molecule has 0 unspecified atom stereocenters. The summed E-state index contributed by atoms with van der Waals surface area (Å²) in [5.41, 5.74) is 6.71. The van der Waals surface area contributed by atoms with Crippen molar-refractivity contribution in [1.82, 2.24) is 0 Å². The summed E-state index contributed by atoms with van der Waals surface area (Å²) in [6.45, 7) is 2.28. The van der Waals surface area contributed by atoms with E-state index in [1.54, 1.807) is 0 Å². The van der Waals surface area contributed by atoms with Gasteiger partial charge in [-0.1, -0.05) is 131 Å². The fourth-order valence-corrected chi connectivity index (χ4v) is 6.64. The van der Waals surface area contributed by atoms with Gasteiger partial charge in [0.15, 0.2) is 0 Å². The first-order chi connectivity index (χ1) is 18.7. The molecule has 0 aliphatic carbocycles. The Kier molecular flexibility index (Phi) is 7.37. The molecule has 188 valence electrons. The third-order valence-electron chi connectivity index (χ3n) is 7.65. The lowest BCUT2D eigenvalue weighted by molar-refractivity contribution is 0.667. The van der Waals surface area contributed by atoms with Gasteiger partial charge in [0.1, 0.15) is 0 Å². The molecule has 6 aromatic carbocycles. The molecular weight excluding hydrogens is 592 g/mol. The molecule has 0 aliphatic heterocycles. The molecule has 0 atom stereocenters. The normalized spacial score (nSPS) is 11.6. The standard InChI is InChI=1S/C36H30Br2/c1-2-3-4-7-16-26-21-31(24-12-8-5-9-13-24)35-29-19-17-27(37)22-32(29)33-23-28(38)18-20-30(33)36(35)34(26)25-14-10-6-11-15-25/h5-6,8-15,17-23H,2-4,7,16H2,1H3. The van der Waals surface area contributed by atoms with Crippen LogP contribution in [0.4, 0.5) is 0 Å². The van der Waals surface area contributed by atoms with Gasteiger partial charge in [0.25, 0.3) is 0 Å². The maximum atomic E-state index is 3.77. The van der Waals surface area contributed by atoms with Crippen LogP contribution in [0.25, 0.3) is 54.6 Å². The van der Waals surface area contributed by atoms with Gasteiger partial charge in [-0.25, -0.2) is 0 Å². The van der Waals surface area contributed by atoms with Crippen molar-refractivity contribution in [2.75, 3.05) is 0 Å². The van der Waals surface area contributed by atoms with Gasteiger partial charge in [0.05, 0.1) is 0 Å². The Balaban J connectivity index is 1.83. The first-order valence-electron chi connectivity index (χ1n) is 13.6. The van der Waals surface area contributed by atoms with Crippen LogP contribution < -0.4 is 0 Å². The van der Waals surface area contributed by atoms with Crippen molar-refractivity contribution in [3.8, 4) is 22.3 Å². The molecular formula is C36H30Br2. The van der Waals surface area contributed by atoms with Crippen molar-refractivity contribution in [2.45, 2.75) is 39.0 Å². The van der Waals surface area contributed by atoms with Gasteiger partial charge in [-0.05, 0) is 103 Å². The van der Waals surface area contributed by atoms with E-state index in [4.69, 9.17) is 0 Å². The number of hydrogen-bond donors (Lipinski definition) is 0. The van der Waals surface area contributed by atoms with Gasteiger partial charge in [-0.3, -0.25) is 0 Å². The van der Waals surface area contributed by atoms with Crippen molar-refractivity contribution < 1.29 is 0 Å². The predicted molar refractivity (Wildman–Crippen MR) is 173 cm³/mol. The lowest BCUT2D eigenvalue weighted by atomic mass is 9.82. The second kappa shape index (κ2) is 11.0. The van der Waals surface area contributed by atoms with E-state index < -0.39 is 0 Å². The van der Waals surface area contributed by atoms with Gasteiger partial charge >= 0.3 is 0 Å². The van der Waals surface area contributed by atoms with Gasteiger partial charge in [0.2, 0.25) is 0 Å². The topological polar surface area (TPSA) is 0 Å². The minimum Gasteiger partial charge on any atom is -0.0654 e. The van der Waals surface area contributed by atoms with Crippen molar-refractivity contribution in [2.24, 2.45) is 0 Å². The predicted octanol–water partition coefficient (Wildman–Crippen LogP) is 12.1. The zero-order valence-corrected chi connectivity index (χ0v) is 24.8. The van der Waals surface area contributed by atoms with Crippen molar-refractivity contribution in [3.05, 3.63) is 118 Å². The van der Waals surface area contributed by atoms with Crippen LogP contribution in [-0.4, -0.2) is 0 Å². The number of hydrogen-bond acceptors (Lipinski definition) is 0. The molecule has 0 saturated heterocycles. The minimum atomic E-state index is 1.08. The lowest BCUT2D eigenvalue weighted by Crippen LogP contribution is -1.97. The Morgan fingerprint density at radius 1 is 0.526 bits per heavy atom. The minimum absolute atomic E-state index is 1.08. The van der Waals surface area contributed by atoms with E-state index in [-0.39, 0.29) is 0 Å². The molecule has 0 N–H and O–H groups in total. The van der Waals surface area contributed by atoms with Crippen LogP contribution in [0.3, 0.4) is 0 Å². The van der Waals surface area contributed by atoms with E-state index in [9.17, 15) is 0 Å². The van der Waals surface area contributed by atoms with Crippen LogP contribution in [0.15, 0.2) is 112 Å². The lowest BCUT2D eigenvalue weighted by Gasteiger charge is -2.22. The average molecular weight is 622 g/mol. The molecule has 38 heavy (non-hydrogen) atoms. The SMILES string of the molecule is CCCCCCc1cc(-c2ccccc2)c2c3ccc(Br)cc3c3cc(Br)ccc3c2c1-c1ccccc1. The van der Waals surface area contributed by atoms with Crippen LogP contribution in [0.1, 0.15) is 38.2 Å². The van der Waals surface area contributed by atoms with Crippen LogP contribution >= 0.6 is 31.9 Å². The Morgan fingerprint density at radius 2 is 1.11 bits per heavy atom. The maximum absolute atomic E-state index is 3.77. The highest BCUT2D eigenvalue weighted by Crippen LogP contribution is 2.47. The number of fused-ring (bicyclic) bond motifs is 6. The number of unbranched alkanes of at least 4 members (excludes halogenated alkanes) is 3. The fraction of sp³-hybridized carbons (Fsp3) is 0.167. The summed E-state index contributed by atoms with van der Waals surface area (Å²) >= 11 is 7.52. The third kappa shape index (κ3) is 4.70. The summed E-state index contributed by atoms with van der Waals surface area (Å²) in [5.74, 6) is 0. The number of aryl methyl sites for hydroxylation is 1. The molecule has 0 spiro atoms. The molecule has 6 aromatic rings. The van der Waals surface area contributed by atoms with E-state index in [2.05, 4.69) is 142 Å². The summed E-state index contributed by atoms with van der Waals surface area (Å²) in [6.07, 6.45) is 6.09. The highest BCUT2D eigenvalue weighted by Gasteiger charge is 2.20. The third-order valence-corrected chi connectivity index (χ3v) is 8.63. The zero-order valence-electron chi connectivity index (χ0n) is 21.6. The van der Waals surface area contributed by atoms with Crippen molar-refractivity contribution >= 4 is 64.2 Å². The number of benzene rings is 6. The molecule has 0 radical (unpaired) electrons. The summed E-state index contributed by atoms with van der Waals surface area (Å²) in [6, 6.07) is 38.0. The Hall–Kier alpha value is -2.94. The molecule has 0 bridgehead atoms. The average Bonchev–Trinajstić information content (AvgIpc) is 2.95.